The van der Waals surface area contributed by atoms with Crippen molar-refractivity contribution in [2.45, 2.75) is 6.92 Å². The second kappa shape index (κ2) is 6.52. The summed E-state index contributed by atoms with van der Waals surface area (Å²) in [6.07, 6.45) is 0. The van der Waals surface area contributed by atoms with Crippen LogP contribution >= 0.6 is 0 Å². The van der Waals surface area contributed by atoms with Crippen LogP contribution in [-0.4, -0.2) is 22.1 Å². The molecule has 0 aliphatic rings. The molecule has 2 heterocycles. The Hall–Kier alpha value is -3.34. The number of para-hydroxylation sites is 1. The molecule has 0 unspecified atom stereocenters. The Labute approximate surface area is 150 Å². The van der Waals surface area contributed by atoms with E-state index in [2.05, 4.69) is 15.0 Å². The largest absolute Gasteiger partial charge is 0.480 e. The molecule has 0 N–H and O–H groups in total. The summed E-state index contributed by atoms with van der Waals surface area (Å²) in [6.45, 7) is 1.86. The summed E-state index contributed by atoms with van der Waals surface area (Å²) < 4.78 is 18.8. The maximum Gasteiger partial charge on any atom is 0.224 e. The fourth-order valence-corrected chi connectivity index (χ4v) is 2.94. The number of ether oxygens (including phenoxy) is 1. The fraction of sp³-hybridized carbons (Fsp3) is 0.0952. The molecule has 4 aromatic rings. The van der Waals surface area contributed by atoms with E-state index in [1.165, 1.54) is 12.1 Å². The molecule has 0 atom stereocenters. The van der Waals surface area contributed by atoms with Crippen molar-refractivity contribution in [1.29, 1.82) is 0 Å². The number of hydrogen-bond acceptors (Lipinski definition) is 4. The molecule has 4 nitrogen and oxygen atoms in total. The summed E-state index contributed by atoms with van der Waals surface area (Å²) in [5, 5.41) is 0.851. The zero-order valence-corrected chi connectivity index (χ0v) is 14.4. The predicted molar refractivity (Wildman–Crippen MR) is 99.5 cm³/mol. The number of aromatic nitrogens is 3. The van der Waals surface area contributed by atoms with E-state index in [-0.39, 0.29) is 5.82 Å². The molecule has 0 bridgehead atoms. The minimum Gasteiger partial charge on any atom is -0.480 e. The average molecular weight is 345 g/mol. The maximum atomic E-state index is 13.4. The Morgan fingerprint density at radius 3 is 2.46 bits per heavy atom. The first-order valence-electron chi connectivity index (χ1n) is 8.20. The number of aryl methyl sites for hydroxylation is 1. The van der Waals surface area contributed by atoms with Crippen LogP contribution in [0.1, 0.15) is 5.56 Å². The van der Waals surface area contributed by atoms with Crippen molar-refractivity contribution in [2.75, 3.05) is 7.11 Å². The van der Waals surface area contributed by atoms with Gasteiger partial charge >= 0.3 is 0 Å². The van der Waals surface area contributed by atoms with Gasteiger partial charge in [-0.15, -0.1) is 0 Å². The number of hydrogen-bond donors (Lipinski definition) is 0. The number of fused-ring (bicyclic) bond motifs is 1. The Bertz CT molecular complexity index is 1110. The highest BCUT2D eigenvalue weighted by molar-refractivity contribution is 5.85. The number of nitrogens with zero attached hydrogens (tertiary/aromatic N) is 3. The zero-order valence-electron chi connectivity index (χ0n) is 14.4. The van der Waals surface area contributed by atoms with Gasteiger partial charge in [0.1, 0.15) is 11.5 Å². The van der Waals surface area contributed by atoms with E-state index in [0.717, 1.165) is 27.7 Å². The molecular weight excluding hydrogens is 329 g/mol. The van der Waals surface area contributed by atoms with E-state index in [1.54, 1.807) is 13.2 Å². The molecule has 4 rings (SSSR count). The molecular formula is C21H16FN3O. The van der Waals surface area contributed by atoms with Crippen LogP contribution in [0.2, 0.25) is 0 Å². The zero-order chi connectivity index (χ0) is 18.1. The molecule has 2 aromatic carbocycles. The number of rotatable bonds is 3. The van der Waals surface area contributed by atoms with Crippen LogP contribution in [0.4, 0.5) is 4.39 Å². The lowest BCUT2D eigenvalue weighted by Gasteiger charge is -2.09. The standard InChI is InChI=1S/C21H16FN3O/c1-13-12-14(22)10-11-15(13)17-8-5-9-19(23-17)20-24-18-7-4-3-6-16(18)21(25-20)26-2/h3-12H,1-2H3. The van der Waals surface area contributed by atoms with Crippen molar-refractivity contribution in [3.63, 3.8) is 0 Å². The fourth-order valence-electron chi connectivity index (χ4n) is 2.94. The van der Waals surface area contributed by atoms with Gasteiger partial charge in [-0.25, -0.2) is 14.4 Å². The Morgan fingerprint density at radius 1 is 0.846 bits per heavy atom. The number of methoxy groups -OCH3 is 1. The average Bonchev–Trinajstić information content (AvgIpc) is 2.67. The number of halogens is 1. The van der Waals surface area contributed by atoms with Crippen molar-refractivity contribution in [1.82, 2.24) is 15.0 Å². The van der Waals surface area contributed by atoms with Gasteiger partial charge in [0.25, 0.3) is 0 Å². The molecule has 0 spiro atoms. The SMILES string of the molecule is COc1nc(-c2cccc(-c3ccc(F)cc3C)n2)nc2ccccc12. The third kappa shape index (κ3) is 2.88. The second-order valence-electron chi connectivity index (χ2n) is 5.94. The highest BCUT2D eigenvalue weighted by Crippen LogP contribution is 2.28. The van der Waals surface area contributed by atoms with E-state index in [9.17, 15) is 4.39 Å². The van der Waals surface area contributed by atoms with Crippen molar-refractivity contribution in [3.05, 3.63) is 72.0 Å². The Morgan fingerprint density at radius 2 is 1.65 bits per heavy atom. The number of benzene rings is 2. The molecule has 0 aliphatic heterocycles. The van der Waals surface area contributed by atoms with Gasteiger partial charge in [-0.05, 0) is 55.0 Å². The third-order valence-corrected chi connectivity index (χ3v) is 4.20. The predicted octanol–water partition coefficient (Wildman–Crippen LogP) is 4.81. The first-order chi connectivity index (χ1) is 12.7. The summed E-state index contributed by atoms with van der Waals surface area (Å²) in [5.74, 6) is 0.739. The van der Waals surface area contributed by atoms with Crippen LogP contribution in [0.15, 0.2) is 60.7 Å². The van der Waals surface area contributed by atoms with Gasteiger partial charge in [0.15, 0.2) is 5.82 Å². The minimum atomic E-state index is -0.259. The smallest absolute Gasteiger partial charge is 0.224 e. The van der Waals surface area contributed by atoms with Crippen LogP contribution in [-0.2, 0) is 0 Å². The van der Waals surface area contributed by atoms with Crippen molar-refractivity contribution < 1.29 is 9.13 Å². The van der Waals surface area contributed by atoms with E-state index >= 15 is 0 Å². The summed E-state index contributed by atoms with van der Waals surface area (Å²) >= 11 is 0. The first-order valence-corrected chi connectivity index (χ1v) is 8.20. The van der Waals surface area contributed by atoms with Gasteiger partial charge in [-0.3, -0.25) is 0 Å². The van der Waals surface area contributed by atoms with Gasteiger partial charge in [-0.2, -0.15) is 4.98 Å². The second-order valence-corrected chi connectivity index (χ2v) is 5.94. The molecule has 0 amide bonds. The van der Waals surface area contributed by atoms with Gasteiger partial charge in [-0.1, -0.05) is 18.2 Å². The quantitative estimate of drug-likeness (QED) is 0.534. The van der Waals surface area contributed by atoms with Crippen LogP contribution in [0.25, 0.3) is 33.7 Å². The maximum absolute atomic E-state index is 13.4. The van der Waals surface area contributed by atoms with Crippen molar-refractivity contribution in [3.8, 4) is 28.7 Å². The van der Waals surface area contributed by atoms with Gasteiger partial charge in [0.2, 0.25) is 5.88 Å². The Balaban J connectivity index is 1.85. The summed E-state index contributed by atoms with van der Waals surface area (Å²) in [7, 11) is 1.59. The van der Waals surface area contributed by atoms with E-state index in [4.69, 9.17) is 4.74 Å². The van der Waals surface area contributed by atoms with Crippen LogP contribution in [0, 0.1) is 12.7 Å². The molecule has 2 aromatic heterocycles. The summed E-state index contributed by atoms with van der Waals surface area (Å²) in [6, 6.07) is 18.0. The van der Waals surface area contributed by atoms with Crippen LogP contribution < -0.4 is 4.74 Å². The normalized spacial score (nSPS) is 10.9. The molecule has 0 aliphatic carbocycles. The van der Waals surface area contributed by atoms with Crippen molar-refractivity contribution >= 4 is 10.9 Å². The highest BCUT2D eigenvalue weighted by atomic mass is 19.1. The Kier molecular flexibility index (Phi) is 4.05. The summed E-state index contributed by atoms with van der Waals surface area (Å²) in [5.41, 5.74) is 3.87. The lowest BCUT2D eigenvalue weighted by Crippen LogP contribution is -1.98. The van der Waals surface area contributed by atoms with E-state index < -0.39 is 0 Å². The topological polar surface area (TPSA) is 47.9 Å². The lowest BCUT2D eigenvalue weighted by molar-refractivity contribution is 0.403. The lowest BCUT2D eigenvalue weighted by atomic mass is 10.0. The van der Waals surface area contributed by atoms with Crippen LogP contribution in [0.5, 0.6) is 5.88 Å². The summed E-state index contributed by atoms with van der Waals surface area (Å²) in [4.78, 5) is 13.8. The number of pyridine rings is 1. The first kappa shape index (κ1) is 16.1. The molecule has 0 saturated heterocycles. The van der Waals surface area contributed by atoms with Gasteiger partial charge in [0, 0.05) is 5.56 Å². The minimum absolute atomic E-state index is 0.259. The van der Waals surface area contributed by atoms with Crippen molar-refractivity contribution in [2.24, 2.45) is 0 Å². The van der Waals surface area contributed by atoms with Gasteiger partial charge < -0.3 is 4.74 Å². The molecule has 5 heteroatoms. The molecule has 26 heavy (non-hydrogen) atoms. The molecule has 0 fully saturated rings. The van der Waals surface area contributed by atoms with Gasteiger partial charge in [0.05, 0.1) is 23.7 Å². The molecule has 128 valence electrons. The van der Waals surface area contributed by atoms with E-state index in [1.807, 2.05) is 49.4 Å². The molecule has 0 radical (unpaired) electrons. The monoisotopic (exact) mass is 345 g/mol. The molecule has 0 saturated carbocycles. The van der Waals surface area contributed by atoms with E-state index in [0.29, 0.717) is 17.4 Å². The third-order valence-electron chi connectivity index (χ3n) is 4.20. The van der Waals surface area contributed by atoms with Crippen LogP contribution in [0.3, 0.4) is 0 Å². The highest BCUT2D eigenvalue weighted by Gasteiger charge is 2.12.